The first-order chi connectivity index (χ1) is 13.0. The number of amides is 1. The molecule has 0 aromatic carbocycles. The average Bonchev–Trinajstić information content (AvgIpc) is 2.64. The third-order valence-electron chi connectivity index (χ3n) is 4.07. The summed E-state index contributed by atoms with van der Waals surface area (Å²) in [7, 11) is 0. The van der Waals surface area contributed by atoms with Crippen LogP contribution in [0.1, 0.15) is 19.3 Å². The SMILES string of the molecule is C=C1CC(CCCOC(=O)/C=C/C(=O)OCCN2CCOCC2)=CC(=O)N1. The van der Waals surface area contributed by atoms with Crippen molar-refractivity contribution < 1.29 is 28.6 Å². The highest BCUT2D eigenvalue weighted by atomic mass is 16.5. The zero-order valence-electron chi connectivity index (χ0n) is 15.4. The number of nitrogens with one attached hydrogen (secondary N) is 1. The molecule has 0 spiro atoms. The largest absolute Gasteiger partial charge is 0.463 e. The van der Waals surface area contributed by atoms with E-state index in [-0.39, 0.29) is 19.1 Å². The maximum atomic E-state index is 11.6. The van der Waals surface area contributed by atoms with Gasteiger partial charge in [-0.25, -0.2) is 9.59 Å². The van der Waals surface area contributed by atoms with Gasteiger partial charge in [-0.1, -0.05) is 12.2 Å². The zero-order chi connectivity index (χ0) is 19.5. The van der Waals surface area contributed by atoms with Crippen molar-refractivity contribution in [3.63, 3.8) is 0 Å². The van der Waals surface area contributed by atoms with Gasteiger partial charge in [0.15, 0.2) is 0 Å². The molecule has 1 saturated heterocycles. The summed E-state index contributed by atoms with van der Waals surface area (Å²) < 4.78 is 15.3. The number of nitrogens with zero attached hydrogens (tertiary/aromatic N) is 1. The highest BCUT2D eigenvalue weighted by molar-refractivity contribution is 5.91. The van der Waals surface area contributed by atoms with E-state index in [2.05, 4.69) is 16.8 Å². The Labute approximate surface area is 158 Å². The zero-order valence-corrected chi connectivity index (χ0v) is 15.4. The van der Waals surface area contributed by atoms with Gasteiger partial charge in [0.1, 0.15) is 6.61 Å². The van der Waals surface area contributed by atoms with E-state index in [1.165, 1.54) is 0 Å². The van der Waals surface area contributed by atoms with Gasteiger partial charge in [-0.2, -0.15) is 0 Å². The summed E-state index contributed by atoms with van der Waals surface area (Å²) in [6.07, 6.45) is 5.54. The Hall–Kier alpha value is -2.45. The fourth-order valence-corrected chi connectivity index (χ4v) is 2.73. The normalized spacial score (nSPS) is 18.1. The third-order valence-corrected chi connectivity index (χ3v) is 4.07. The quantitative estimate of drug-likeness (QED) is 0.359. The van der Waals surface area contributed by atoms with E-state index < -0.39 is 11.9 Å². The molecule has 2 aliphatic heterocycles. The molecule has 27 heavy (non-hydrogen) atoms. The molecule has 1 N–H and O–H groups in total. The van der Waals surface area contributed by atoms with E-state index in [9.17, 15) is 14.4 Å². The summed E-state index contributed by atoms with van der Waals surface area (Å²) in [5.74, 6) is -1.34. The lowest BCUT2D eigenvalue weighted by molar-refractivity contribution is -0.140. The van der Waals surface area contributed by atoms with Gasteiger partial charge < -0.3 is 19.5 Å². The summed E-state index contributed by atoms with van der Waals surface area (Å²) in [5, 5.41) is 2.62. The lowest BCUT2D eigenvalue weighted by Crippen LogP contribution is -2.38. The highest BCUT2D eigenvalue weighted by Gasteiger charge is 2.12. The highest BCUT2D eigenvalue weighted by Crippen LogP contribution is 2.17. The first-order valence-corrected chi connectivity index (χ1v) is 9.03. The van der Waals surface area contributed by atoms with Crippen LogP contribution in [0.25, 0.3) is 0 Å². The molecule has 0 aromatic heterocycles. The van der Waals surface area contributed by atoms with Gasteiger partial charge in [0.2, 0.25) is 5.91 Å². The molecule has 0 radical (unpaired) electrons. The molecule has 2 aliphatic rings. The van der Waals surface area contributed by atoms with Crippen LogP contribution >= 0.6 is 0 Å². The van der Waals surface area contributed by atoms with Crippen molar-refractivity contribution in [1.82, 2.24) is 10.2 Å². The predicted octanol–water partition coefficient (Wildman–Crippen LogP) is 0.701. The molecule has 1 fully saturated rings. The molecular weight excluding hydrogens is 352 g/mol. The Bertz CT molecular complexity index is 620. The lowest BCUT2D eigenvalue weighted by Gasteiger charge is -2.25. The van der Waals surface area contributed by atoms with Gasteiger partial charge in [0, 0.05) is 50.0 Å². The number of morpholine rings is 1. The molecule has 148 valence electrons. The number of allylic oxidation sites excluding steroid dienone is 1. The van der Waals surface area contributed by atoms with Gasteiger partial charge in [-0.05, 0) is 12.8 Å². The van der Waals surface area contributed by atoms with Crippen molar-refractivity contribution in [2.24, 2.45) is 0 Å². The number of carbonyl (C=O) groups is 3. The smallest absolute Gasteiger partial charge is 0.331 e. The molecule has 0 aromatic rings. The van der Waals surface area contributed by atoms with Crippen LogP contribution in [0.5, 0.6) is 0 Å². The Morgan fingerprint density at radius 1 is 1.19 bits per heavy atom. The van der Waals surface area contributed by atoms with Crippen LogP contribution in [0.2, 0.25) is 0 Å². The van der Waals surface area contributed by atoms with Crippen molar-refractivity contribution in [1.29, 1.82) is 0 Å². The van der Waals surface area contributed by atoms with Gasteiger partial charge >= 0.3 is 11.9 Å². The van der Waals surface area contributed by atoms with Gasteiger partial charge in [-0.3, -0.25) is 9.69 Å². The van der Waals surface area contributed by atoms with E-state index in [0.717, 1.165) is 30.8 Å². The minimum Gasteiger partial charge on any atom is -0.463 e. The van der Waals surface area contributed by atoms with E-state index >= 15 is 0 Å². The molecule has 0 aliphatic carbocycles. The molecule has 0 bridgehead atoms. The molecule has 2 heterocycles. The number of hydrogen-bond donors (Lipinski definition) is 1. The Balaban J connectivity index is 1.54. The van der Waals surface area contributed by atoms with Crippen LogP contribution in [-0.4, -0.2) is 68.8 Å². The van der Waals surface area contributed by atoms with Crippen LogP contribution in [0, 0.1) is 0 Å². The minimum atomic E-state index is -0.597. The maximum absolute atomic E-state index is 11.6. The fraction of sp³-hybridized carbons (Fsp3) is 0.526. The molecule has 1 amide bonds. The van der Waals surface area contributed by atoms with Crippen LogP contribution in [0.15, 0.2) is 36.1 Å². The topological polar surface area (TPSA) is 94.2 Å². The van der Waals surface area contributed by atoms with E-state index in [0.29, 0.717) is 44.7 Å². The second-order valence-corrected chi connectivity index (χ2v) is 6.30. The van der Waals surface area contributed by atoms with Gasteiger partial charge in [0.25, 0.3) is 0 Å². The van der Waals surface area contributed by atoms with Gasteiger partial charge in [-0.15, -0.1) is 0 Å². The Kier molecular flexibility index (Phi) is 8.73. The van der Waals surface area contributed by atoms with Crippen LogP contribution in [-0.2, 0) is 28.6 Å². The second kappa shape index (κ2) is 11.3. The fourth-order valence-electron chi connectivity index (χ4n) is 2.73. The molecule has 2 rings (SSSR count). The average molecular weight is 378 g/mol. The van der Waals surface area contributed by atoms with Crippen molar-refractivity contribution >= 4 is 17.8 Å². The summed E-state index contributed by atoms with van der Waals surface area (Å²) >= 11 is 0. The number of esters is 2. The molecule has 0 atom stereocenters. The van der Waals surface area contributed by atoms with Crippen molar-refractivity contribution in [3.05, 3.63) is 36.1 Å². The molecule has 0 unspecified atom stereocenters. The summed E-state index contributed by atoms with van der Waals surface area (Å²) in [4.78, 5) is 36.7. The molecule has 0 saturated carbocycles. The van der Waals surface area contributed by atoms with Crippen LogP contribution < -0.4 is 5.32 Å². The van der Waals surface area contributed by atoms with E-state index in [1.54, 1.807) is 6.08 Å². The summed E-state index contributed by atoms with van der Waals surface area (Å²) in [6.45, 7) is 7.91. The Morgan fingerprint density at radius 3 is 2.52 bits per heavy atom. The molecule has 8 nitrogen and oxygen atoms in total. The van der Waals surface area contributed by atoms with E-state index in [4.69, 9.17) is 14.2 Å². The van der Waals surface area contributed by atoms with Crippen LogP contribution in [0.4, 0.5) is 0 Å². The number of hydrogen-bond acceptors (Lipinski definition) is 7. The number of ether oxygens (including phenoxy) is 3. The maximum Gasteiger partial charge on any atom is 0.331 e. The number of rotatable bonds is 9. The third kappa shape index (κ3) is 8.65. The second-order valence-electron chi connectivity index (χ2n) is 6.30. The first-order valence-electron chi connectivity index (χ1n) is 9.03. The first kappa shape index (κ1) is 20.9. The van der Waals surface area contributed by atoms with Crippen molar-refractivity contribution in [3.8, 4) is 0 Å². The van der Waals surface area contributed by atoms with Crippen LogP contribution in [0.3, 0.4) is 0 Å². The molecule has 8 heteroatoms. The van der Waals surface area contributed by atoms with E-state index in [1.807, 2.05) is 0 Å². The summed E-state index contributed by atoms with van der Waals surface area (Å²) in [5.41, 5.74) is 1.63. The predicted molar refractivity (Wildman–Crippen MR) is 97.5 cm³/mol. The Morgan fingerprint density at radius 2 is 1.85 bits per heavy atom. The van der Waals surface area contributed by atoms with Gasteiger partial charge in [0.05, 0.1) is 19.8 Å². The van der Waals surface area contributed by atoms with Crippen molar-refractivity contribution in [2.45, 2.75) is 19.3 Å². The standard InChI is InChI=1S/C19H26N2O6/c1-15-13-16(14-17(22)20-15)3-2-9-26-18(23)4-5-19(24)27-12-8-21-6-10-25-11-7-21/h4-5,14H,1-3,6-13H2,(H,20,22)/b5-4+. The number of carbonyl (C=O) groups excluding carboxylic acids is 3. The monoisotopic (exact) mass is 378 g/mol. The lowest BCUT2D eigenvalue weighted by atomic mass is 10.0. The minimum absolute atomic E-state index is 0.173. The summed E-state index contributed by atoms with van der Waals surface area (Å²) in [6, 6.07) is 0. The molecular formula is C19H26N2O6. The van der Waals surface area contributed by atoms with Crippen molar-refractivity contribution in [2.75, 3.05) is 46.1 Å².